The van der Waals surface area contributed by atoms with Gasteiger partial charge in [-0.05, 0) is 18.9 Å². The van der Waals surface area contributed by atoms with Crippen LogP contribution >= 0.6 is 0 Å². The number of carbonyl (C=O) groups is 2. The van der Waals surface area contributed by atoms with Crippen LogP contribution in [0.25, 0.3) is 0 Å². The molecule has 0 aromatic heterocycles. The third-order valence-corrected chi connectivity index (χ3v) is 5.47. The van der Waals surface area contributed by atoms with Crippen LogP contribution in [0.4, 0.5) is 4.79 Å². The van der Waals surface area contributed by atoms with Crippen molar-refractivity contribution in [2.75, 3.05) is 33.9 Å². The number of methoxy groups -OCH3 is 2. The van der Waals surface area contributed by atoms with Crippen molar-refractivity contribution in [2.24, 2.45) is 10.9 Å². The first-order valence-electron chi connectivity index (χ1n) is 10.1. The molecule has 29 heavy (non-hydrogen) atoms. The van der Waals surface area contributed by atoms with E-state index in [1.807, 2.05) is 6.08 Å². The van der Waals surface area contributed by atoms with E-state index < -0.39 is 0 Å². The standard InChI is InChI=1S/C21H29N3O5/c1-28-18-11-14-10-15(20(26)23-17(14)12-19(18)29-2)13-24(8-9-25)21(27)22-16-6-4-3-5-7-16/h10-12,14,16,25H,3-9,13H2,1-2H3,(H,22,27). The van der Waals surface area contributed by atoms with Crippen LogP contribution in [0.15, 0.2) is 40.3 Å². The largest absolute Gasteiger partial charge is 0.493 e. The van der Waals surface area contributed by atoms with E-state index in [0.717, 1.165) is 25.7 Å². The molecule has 1 fully saturated rings. The molecule has 1 saturated carbocycles. The fourth-order valence-corrected chi connectivity index (χ4v) is 3.89. The van der Waals surface area contributed by atoms with Gasteiger partial charge in [0.05, 0.1) is 33.1 Å². The molecule has 2 aliphatic carbocycles. The number of allylic oxidation sites excluding steroid dienone is 3. The summed E-state index contributed by atoms with van der Waals surface area (Å²) in [4.78, 5) is 30.9. The van der Waals surface area contributed by atoms with Crippen LogP contribution in [-0.4, -0.2) is 67.6 Å². The van der Waals surface area contributed by atoms with E-state index in [1.165, 1.54) is 18.4 Å². The number of aliphatic imine (C=N–C) groups is 1. The summed E-state index contributed by atoms with van der Waals surface area (Å²) in [5, 5.41) is 12.4. The molecule has 3 rings (SSSR count). The molecule has 3 amide bonds. The van der Waals surface area contributed by atoms with Gasteiger partial charge in [0.1, 0.15) is 0 Å². The Labute approximate surface area is 171 Å². The Hall–Kier alpha value is -2.61. The highest BCUT2D eigenvalue weighted by atomic mass is 16.5. The van der Waals surface area contributed by atoms with Crippen LogP contribution in [0.2, 0.25) is 0 Å². The number of carbonyl (C=O) groups excluding carboxylic acids is 2. The molecule has 8 nitrogen and oxygen atoms in total. The Morgan fingerprint density at radius 3 is 2.59 bits per heavy atom. The number of rotatable bonds is 7. The van der Waals surface area contributed by atoms with Gasteiger partial charge in [0.2, 0.25) is 0 Å². The van der Waals surface area contributed by atoms with Crippen molar-refractivity contribution in [3.05, 3.63) is 35.3 Å². The zero-order valence-corrected chi connectivity index (χ0v) is 17.0. The molecule has 158 valence electrons. The van der Waals surface area contributed by atoms with E-state index in [2.05, 4.69) is 10.3 Å². The van der Waals surface area contributed by atoms with Crippen LogP contribution in [-0.2, 0) is 14.3 Å². The number of hydrogen-bond donors (Lipinski definition) is 2. The smallest absolute Gasteiger partial charge is 0.317 e. The zero-order valence-electron chi connectivity index (χ0n) is 17.0. The number of aliphatic hydroxyl groups excluding tert-OH is 1. The van der Waals surface area contributed by atoms with Crippen LogP contribution in [0.1, 0.15) is 32.1 Å². The van der Waals surface area contributed by atoms with E-state index in [4.69, 9.17) is 9.47 Å². The molecule has 3 aliphatic rings. The van der Waals surface area contributed by atoms with Crippen molar-refractivity contribution >= 4 is 17.6 Å². The van der Waals surface area contributed by atoms with Gasteiger partial charge >= 0.3 is 6.03 Å². The fraction of sp³-hybridized carbons (Fsp3) is 0.571. The van der Waals surface area contributed by atoms with Crippen molar-refractivity contribution in [3.63, 3.8) is 0 Å². The highest BCUT2D eigenvalue weighted by molar-refractivity contribution is 6.13. The van der Waals surface area contributed by atoms with Crippen molar-refractivity contribution in [1.82, 2.24) is 10.2 Å². The highest BCUT2D eigenvalue weighted by Gasteiger charge is 2.29. The Kier molecular flexibility index (Phi) is 7.09. The first-order valence-corrected chi connectivity index (χ1v) is 10.1. The minimum Gasteiger partial charge on any atom is -0.493 e. The summed E-state index contributed by atoms with van der Waals surface area (Å²) in [5.74, 6) is 0.476. The number of hydrogen-bond acceptors (Lipinski definition) is 5. The molecule has 1 heterocycles. The van der Waals surface area contributed by atoms with E-state index in [1.54, 1.807) is 19.3 Å². The van der Waals surface area contributed by atoms with E-state index in [-0.39, 0.29) is 43.6 Å². The summed E-state index contributed by atoms with van der Waals surface area (Å²) < 4.78 is 10.6. The monoisotopic (exact) mass is 403 g/mol. The van der Waals surface area contributed by atoms with Crippen LogP contribution in [0.3, 0.4) is 0 Å². The average Bonchev–Trinajstić information content (AvgIpc) is 2.73. The van der Waals surface area contributed by atoms with Crippen LogP contribution in [0.5, 0.6) is 0 Å². The molecule has 0 aromatic rings. The summed E-state index contributed by atoms with van der Waals surface area (Å²) in [5.41, 5.74) is 1.00. The molecule has 2 N–H and O–H groups in total. The topological polar surface area (TPSA) is 100 Å². The van der Waals surface area contributed by atoms with Gasteiger partial charge in [0.15, 0.2) is 11.5 Å². The lowest BCUT2D eigenvalue weighted by molar-refractivity contribution is -0.114. The van der Waals surface area contributed by atoms with Gasteiger partial charge in [-0.25, -0.2) is 9.79 Å². The van der Waals surface area contributed by atoms with Gasteiger partial charge in [0.25, 0.3) is 5.91 Å². The maximum Gasteiger partial charge on any atom is 0.317 e. The Balaban J connectivity index is 1.72. The number of aliphatic hydroxyl groups is 1. The number of dihydropyridines is 1. The number of nitrogens with zero attached hydrogens (tertiary/aromatic N) is 2. The van der Waals surface area contributed by atoms with Crippen molar-refractivity contribution in [2.45, 2.75) is 38.1 Å². The normalized spacial score (nSPS) is 21.9. The van der Waals surface area contributed by atoms with Crippen LogP contribution < -0.4 is 5.32 Å². The van der Waals surface area contributed by atoms with Gasteiger partial charge in [-0.1, -0.05) is 25.3 Å². The predicted octanol–water partition coefficient (Wildman–Crippen LogP) is 1.92. The van der Waals surface area contributed by atoms with E-state index >= 15 is 0 Å². The van der Waals surface area contributed by atoms with Crippen molar-refractivity contribution in [3.8, 4) is 0 Å². The summed E-state index contributed by atoms with van der Waals surface area (Å²) in [7, 11) is 3.08. The van der Waals surface area contributed by atoms with E-state index in [0.29, 0.717) is 22.8 Å². The quantitative estimate of drug-likeness (QED) is 0.676. The SMILES string of the molecule is COC1=CC2=NC(=O)C(CN(CCO)C(=O)NC3CCCCC3)=CC2C=C1OC. The van der Waals surface area contributed by atoms with E-state index in [9.17, 15) is 14.7 Å². The first kappa shape index (κ1) is 21.1. The third kappa shape index (κ3) is 5.06. The summed E-state index contributed by atoms with van der Waals surface area (Å²) in [6.07, 6.45) is 10.7. The number of ether oxygens (including phenoxy) is 2. The van der Waals surface area contributed by atoms with Gasteiger partial charge in [0, 0.05) is 30.2 Å². The maximum atomic E-state index is 12.7. The summed E-state index contributed by atoms with van der Waals surface area (Å²) in [6.45, 7) is 0.0741. The highest BCUT2D eigenvalue weighted by Crippen LogP contribution is 2.27. The number of amides is 3. The van der Waals surface area contributed by atoms with Crippen molar-refractivity contribution < 1.29 is 24.2 Å². The molecule has 0 aromatic carbocycles. The Bertz CT molecular complexity index is 762. The molecule has 1 atom stereocenters. The lowest BCUT2D eigenvalue weighted by Crippen LogP contribution is -2.47. The van der Waals surface area contributed by atoms with Gasteiger partial charge in [-0.3, -0.25) is 4.79 Å². The average molecular weight is 403 g/mol. The molecular weight excluding hydrogens is 374 g/mol. The fourth-order valence-electron chi connectivity index (χ4n) is 3.89. The van der Waals surface area contributed by atoms with Gasteiger partial charge < -0.3 is 24.8 Å². The first-order chi connectivity index (χ1) is 14.0. The van der Waals surface area contributed by atoms with Gasteiger partial charge in [-0.2, -0.15) is 0 Å². The second-order valence-electron chi connectivity index (χ2n) is 7.44. The number of urea groups is 1. The molecule has 1 aliphatic heterocycles. The minimum atomic E-state index is -0.384. The lowest BCUT2D eigenvalue weighted by atomic mass is 9.91. The molecule has 8 heteroatoms. The summed E-state index contributed by atoms with van der Waals surface area (Å²) in [6, 6.07) is -0.103. The predicted molar refractivity (Wildman–Crippen MR) is 108 cm³/mol. The number of fused-ring (bicyclic) bond motifs is 1. The molecule has 0 bridgehead atoms. The molecule has 0 spiro atoms. The molecule has 0 radical (unpaired) electrons. The van der Waals surface area contributed by atoms with Gasteiger partial charge in [-0.15, -0.1) is 0 Å². The lowest BCUT2D eigenvalue weighted by Gasteiger charge is -2.29. The Morgan fingerprint density at radius 2 is 1.93 bits per heavy atom. The summed E-state index contributed by atoms with van der Waals surface area (Å²) >= 11 is 0. The second kappa shape index (κ2) is 9.73. The zero-order chi connectivity index (χ0) is 20.8. The molecule has 0 saturated heterocycles. The van der Waals surface area contributed by atoms with Crippen molar-refractivity contribution in [1.29, 1.82) is 0 Å². The Morgan fingerprint density at radius 1 is 1.21 bits per heavy atom. The molecule has 1 unspecified atom stereocenters. The van der Waals surface area contributed by atoms with Crippen LogP contribution in [0, 0.1) is 5.92 Å². The second-order valence-corrected chi connectivity index (χ2v) is 7.44. The molecular formula is C21H29N3O5. The maximum absolute atomic E-state index is 12.7. The number of nitrogens with one attached hydrogen (secondary N) is 1. The third-order valence-electron chi connectivity index (χ3n) is 5.47. The minimum absolute atomic E-state index is 0.0994.